The molecule has 0 radical (unpaired) electrons. The van der Waals surface area contributed by atoms with Crippen molar-refractivity contribution in [3.05, 3.63) is 94.5 Å². The van der Waals surface area contributed by atoms with Gasteiger partial charge < -0.3 is 9.84 Å². The highest BCUT2D eigenvalue weighted by atomic mass is 35.5. The number of rotatable bonds is 4. The molecular formula is C25H17ClN2O4S. The van der Waals surface area contributed by atoms with Crippen molar-refractivity contribution < 1.29 is 19.4 Å². The fraction of sp³-hybridized carbons (Fsp3) is 0.0800. The minimum Gasteiger partial charge on any atom is -0.507 e. The molecule has 1 saturated heterocycles. The molecule has 1 fully saturated rings. The third-order valence-electron chi connectivity index (χ3n) is 5.45. The number of anilines is 1. The number of nitrogens with zero attached hydrogens (tertiary/aromatic N) is 2. The van der Waals surface area contributed by atoms with Crippen LogP contribution in [0.4, 0.5) is 5.13 Å². The van der Waals surface area contributed by atoms with Gasteiger partial charge in [0.15, 0.2) is 5.13 Å². The van der Waals surface area contributed by atoms with Crippen molar-refractivity contribution in [3.63, 3.8) is 0 Å². The van der Waals surface area contributed by atoms with E-state index in [-0.39, 0.29) is 11.3 Å². The Morgan fingerprint density at radius 3 is 2.61 bits per heavy atom. The number of hydrogen-bond acceptors (Lipinski definition) is 6. The lowest BCUT2D eigenvalue weighted by atomic mass is 9.95. The molecule has 0 bridgehead atoms. The van der Waals surface area contributed by atoms with Gasteiger partial charge in [0.1, 0.15) is 11.5 Å². The molecule has 1 N–H and O–H groups in total. The number of aliphatic hydroxyl groups is 1. The van der Waals surface area contributed by atoms with Gasteiger partial charge in [0.05, 0.1) is 28.9 Å². The Kier molecular flexibility index (Phi) is 5.36. The van der Waals surface area contributed by atoms with Gasteiger partial charge in [0, 0.05) is 10.6 Å². The lowest BCUT2D eigenvalue weighted by molar-refractivity contribution is -0.132. The van der Waals surface area contributed by atoms with Crippen molar-refractivity contribution in [1.82, 2.24) is 4.98 Å². The van der Waals surface area contributed by atoms with Crippen LogP contribution in [0.5, 0.6) is 5.75 Å². The number of aliphatic hydroxyl groups excluding tert-OH is 1. The first-order valence-electron chi connectivity index (χ1n) is 10.0. The first kappa shape index (κ1) is 21.2. The Labute approximate surface area is 198 Å². The molecule has 1 aliphatic rings. The third-order valence-corrected chi connectivity index (χ3v) is 6.70. The second kappa shape index (κ2) is 8.35. The fourth-order valence-corrected chi connectivity index (χ4v) is 5.17. The predicted octanol–water partition coefficient (Wildman–Crippen LogP) is 5.58. The number of ketones is 1. The van der Waals surface area contributed by atoms with E-state index in [4.69, 9.17) is 16.3 Å². The molecule has 0 saturated carbocycles. The van der Waals surface area contributed by atoms with E-state index in [0.29, 0.717) is 32.5 Å². The van der Waals surface area contributed by atoms with Crippen molar-refractivity contribution >= 4 is 55.7 Å². The molecule has 1 amide bonds. The summed E-state index contributed by atoms with van der Waals surface area (Å²) in [7, 11) is 1.54. The van der Waals surface area contributed by atoms with Gasteiger partial charge in [-0.3, -0.25) is 14.5 Å². The Morgan fingerprint density at radius 2 is 1.85 bits per heavy atom. The summed E-state index contributed by atoms with van der Waals surface area (Å²) in [6.45, 7) is 0. The van der Waals surface area contributed by atoms with Gasteiger partial charge in [-0.05, 0) is 35.9 Å². The molecule has 1 aromatic heterocycles. The first-order chi connectivity index (χ1) is 16.0. The van der Waals surface area contributed by atoms with Gasteiger partial charge in [-0.25, -0.2) is 4.98 Å². The highest BCUT2D eigenvalue weighted by Crippen LogP contribution is 2.45. The maximum absolute atomic E-state index is 13.3. The lowest BCUT2D eigenvalue weighted by Gasteiger charge is -2.23. The van der Waals surface area contributed by atoms with E-state index in [1.54, 1.807) is 72.8 Å². The Balaban J connectivity index is 1.74. The van der Waals surface area contributed by atoms with Crippen molar-refractivity contribution in [2.45, 2.75) is 6.04 Å². The Morgan fingerprint density at radius 1 is 1.06 bits per heavy atom. The monoisotopic (exact) mass is 476 g/mol. The van der Waals surface area contributed by atoms with E-state index >= 15 is 0 Å². The summed E-state index contributed by atoms with van der Waals surface area (Å²) in [5.74, 6) is -1.21. The molecule has 164 valence electrons. The van der Waals surface area contributed by atoms with Crippen molar-refractivity contribution in [1.29, 1.82) is 0 Å². The Bertz CT molecular complexity index is 1430. The van der Waals surface area contributed by atoms with E-state index in [1.807, 2.05) is 0 Å². The molecule has 3 aromatic carbocycles. The predicted molar refractivity (Wildman–Crippen MR) is 129 cm³/mol. The quantitative estimate of drug-likeness (QED) is 0.236. The third kappa shape index (κ3) is 3.65. The number of halogens is 1. The standard InChI is InChI=1S/C25H17ClN2O4S/c1-32-17-9-5-8-15(12-17)21-20(22(29)14-6-3-2-4-7-14)23(30)24(31)28(21)25-27-18-11-10-16(26)13-19(18)33-25/h2-13,21,29H,1H3. The maximum Gasteiger partial charge on any atom is 0.301 e. The summed E-state index contributed by atoms with van der Waals surface area (Å²) in [5.41, 5.74) is 1.72. The van der Waals surface area contributed by atoms with Crippen LogP contribution >= 0.6 is 22.9 Å². The van der Waals surface area contributed by atoms with Crippen LogP contribution in [0.2, 0.25) is 5.02 Å². The minimum absolute atomic E-state index is 0.00302. The van der Waals surface area contributed by atoms with Crippen LogP contribution < -0.4 is 9.64 Å². The van der Waals surface area contributed by atoms with Crippen LogP contribution in [-0.4, -0.2) is 28.9 Å². The zero-order chi connectivity index (χ0) is 23.1. The molecule has 8 heteroatoms. The zero-order valence-corrected chi connectivity index (χ0v) is 18.9. The second-order valence-electron chi connectivity index (χ2n) is 7.42. The summed E-state index contributed by atoms with van der Waals surface area (Å²) in [5, 5.41) is 12.0. The first-order valence-corrected chi connectivity index (χ1v) is 11.2. The van der Waals surface area contributed by atoms with Crippen LogP contribution in [0.15, 0.2) is 78.4 Å². The van der Waals surface area contributed by atoms with E-state index in [0.717, 1.165) is 4.70 Å². The van der Waals surface area contributed by atoms with E-state index in [9.17, 15) is 14.7 Å². The van der Waals surface area contributed by atoms with Crippen LogP contribution in [-0.2, 0) is 9.59 Å². The molecular weight excluding hydrogens is 460 g/mol. The van der Waals surface area contributed by atoms with Crippen molar-refractivity contribution in [2.75, 3.05) is 12.0 Å². The molecule has 0 spiro atoms. The summed E-state index contributed by atoms with van der Waals surface area (Å²) in [6.07, 6.45) is 0. The van der Waals surface area contributed by atoms with E-state index in [1.165, 1.54) is 23.3 Å². The SMILES string of the molecule is COc1cccc(C2C(=C(O)c3ccccc3)C(=O)C(=O)N2c2nc3ccc(Cl)cc3s2)c1. The number of amides is 1. The average Bonchev–Trinajstić information content (AvgIpc) is 3.37. The highest BCUT2D eigenvalue weighted by molar-refractivity contribution is 7.22. The zero-order valence-electron chi connectivity index (χ0n) is 17.4. The molecule has 0 aliphatic carbocycles. The summed E-state index contributed by atoms with van der Waals surface area (Å²) in [6, 6.07) is 20.1. The van der Waals surface area contributed by atoms with Crippen LogP contribution in [0.1, 0.15) is 17.2 Å². The number of fused-ring (bicyclic) bond motifs is 1. The fourth-order valence-electron chi connectivity index (χ4n) is 3.90. The highest BCUT2D eigenvalue weighted by Gasteiger charge is 2.48. The number of hydrogen-bond donors (Lipinski definition) is 1. The normalized spacial score (nSPS) is 17.6. The number of methoxy groups -OCH3 is 1. The average molecular weight is 477 g/mol. The minimum atomic E-state index is -0.878. The number of ether oxygens (including phenoxy) is 1. The smallest absolute Gasteiger partial charge is 0.301 e. The molecule has 2 heterocycles. The summed E-state index contributed by atoms with van der Waals surface area (Å²) >= 11 is 7.37. The summed E-state index contributed by atoms with van der Waals surface area (Å²) in [4.78, 5) is 32.4. The van der Waals surface area contributed by atoms with Crippen LogP contribution in [0, 0.1) is 0 Å². The molecule has 1 atom stereocenters. The van der Waals surface area contributed by atoms with E-state index < -0.39 is 17.7 Å². The summed E-state index contributed by atoms with van der Waals surface area (Å²) < 4.78 is 6.14. The van der Waals surface area contributed by atoms with Crippen molar-refractivity contribution in [2.24, 2.45) is 0 Å². The number of benzene rings is 3. The van der Waals surface area contributed by atoms with Gasteiger partial charge in [-0.15, -0.1) is 0 Å². The number of carbonyl (C=O) groups is 2. The van der Waals surface area contributed by atoms with Gasteiger partial charge in [0.2, 0.25) is 0 Å². The van der Waals surface area contributed by atoms with Crippen molar-refractivity contribution in [3.8, 4) is 5.75 Å². The molecule has 4 aromatic rings. The molecule has 33 heavy (non-hydrogen) atoms. The number of Topliss-reactive ketones (excluding diaryl/α,β-unsaturated/α-hetero) is 1. The Hall–Kier alpha value is -3.68. The number of aromatic nitrogens is 1. The molecule has 5 rings (SSSR count). The van der Waals surface area contributed by atoms with Crippen LogP contribution in [0.25, 0.3) is 16.0 Å². The van der Waals surface area contributed by atoms with Gasteiger partial charge in [-0.2, -0.15) is 0 Å². The number of carbonyl (C=O) groups excluding carboxylic acids is 2. The van der Waals surface area contributed by atoms with E-state index in [2.05, 4.69) is 4.98 Å². The topological polar surface area (TPSA) is 79.7 Å². The second-order valence-corrected chi connectivity index (χ2v) is 8.87. The largest absolute Gasteiger partial charge is 0.507 e. The number of thiazole rings is 1. The molecule has 1 aliphatic heterocycles. The van der Waals surface area contributed by atoms with Crippen LogP contribution in [0.3, 0.4) is 0 Å². The molecule has 6 nitrogen and oxygen atoms in total. The van der Waals surface area contributed by atoms with Gasteiger partial charge in [0.25, 0.3) is 5.78 Å². The maximum atomic E-state index is 13.3. The van der Waals surface area contributed by atoms with Gasteiger partial charge >= 0.3 is 5.91 Å². The lowest BCUT2D eigenvalue weighted by Crippen LogP contribution is -2.29. The molecule has 1 unspecified atom stereocenters. The van der Waals surface area contributed by atoms with Gasteiger partial charge in [-0.1, -0.05) is 65.4 Å².